The van der Waals surface area contributed by atoms with E-state index in [-0.39, 0.29) is 5.91 Å². The molecule has 0 radical (unpaired) electrons. The zero-order valence-corrected chi connectivity index (χ0v) is 15.5. The zero-order chi connectivity index (χ0) is 17.8. The lowest BCUT2D eigenvalue weighted by Crippen LogP contribution is -2.48. The van der Waals surface area contributed by atoms with Crippen molar-refractivity contribution in [3.63, 3.8) is 0 Å². The number of pyridine rings is 1. The summed E-state index contributed by atoms with van der Waals surface area (Å²) in [5.74, 6) is -0.00263. The highest BCUT2D eigenvalue weighted by Crippen LogP contribution is 2.32. The van der Waals surface area contributed by atoms with E-state index in [1.165, 1.54) is 0 Å². The largest absolute Gasteiger partial charge is 0.352 e. The van der Waals surface area contributed by atoms with Gasteiger partial charge in [0.2, 0.25) is 0 Å². The van der Waals surface area contributed by atoms with Crippen LogP contribution in [0.5, 0.6) is 0 Å². The molecule has 132 valence electrons. The molecule has 0 spiro atoms. The van der Waals surface area contributed by atoms with Crippen molar-refractivity contribution in [3.8, 4) is 0 Å². The van der Waals surface area contributed by atoms with Gasteiger partial charge in [-0.25, -0.2) is 0 Å². The molecule has 2 heterocycles. The molecular weight excluding hydrogens is 359 g/mol. The number of hydrogen-bond acceptors (Lipinski definition) is 4. The number of anilines is 2. The minimum atomic E-state index is -0.00263. The topological polar surface area (TPSA) is 48.5 Å². The summed E-state index contributed by atoms with van der Waals surface area (Å²) in [6, 6.07) is 7.07. The molecule has 0 saturated carbocycles. The van der Waals surface area contributed by atoms with E-state index in [0.717, 1.165) is 32.7 Å². The Balaban J connectivity index is 1.74. The van der Waals surface area contributed by atoms with Crippen molar-refractivity contribution < 1.29 is 4.79 Å². The summed E-state index contributed by atoms with van der Waals surface area (Å²) in [5.41, 5.74) is 1.83. The van der Waals surface area contributed by atoms with Crippen LogP contribution >= 0.6 is 23.2 Å². The van der Waals surface area contributed by atoms with E-state index in [0.29, 0.717) is 27.0 Å². The Labute approximate surface area is 157 Å². The van der Waals surface area contributed by atoms with Crippen molar-refractivity contribution in [1.29, 1.82) is 0 Å². The van der Waals surface area contributed by atoms with Crippen LogP contribution in [0, 0.1) is 0 Å². The Morgan fingerprint density at radius 2 is 1.84 bits per heavy atom. The molecule has 0 aliphatic carbocycles. The van der Waals surface area contributed by atoms with Gasteiger partial charge in [-0.1, -0.05) is 36.2 Å². The number of carbonyl (C=O) groups is 1. The number of halogens is 2. The number of likely N-dealkylation sites (N-methyl/N-ethyl adjacent to an activating group) is 1. The standard InChI is InChI=1S/C18H20Cl2N4O/c1-2-23-6-8-24(9-7-23)18(25)13-10-14(12-21-11-13)22-17-15(19)4-3-5-16(17)20/h3-5,10-12,22H,2,6-9H2,1H3. The third kappa shape index (κ3) is 4.24. The normalized spacial score (nSPS) is 15.2. The average Bonchev–Trinajstić information content (AvgIpc) is 2.64. The lowest BCUT2D eigenvalue weighted by molar-refractivity contribution is 0.0643. The van der Waals surface area contributed by atoms with Gasteiger partial charge in [-0.05, 0) is 24.7 Å². The fourth-order valence-corrected chi connectivity index (χ4v) is 3.33. The molecule has 7 heteroatoms. The van der Waals surface area contributed by atoms with E-state index < -0.39 is 0 Å². The average molecular weight is 379 g/mol. The highest BCUT2D eigenvalue weighted by molar-refractivity contribution is 6.39. The molecule has 1 fully saturated rings. The first-order chi connectivity index (χ1) is 12.1. The lowest BCUT2D eigenvalue weighted by Gasteiger charge is -2.34. The first-order valence-corrected chi connectivity index (χ1v) is 9.01. The van der Waals surface area contributed by atoms with Crippen LogP contribution in [0.4, 0.5) is 11.4 Å². The van der Waals surface area contributed by atoms with Crippen LogP contribution in [0.2, 0.25) is 10.0 Å². The van der Waals surface area contributed by atoms with Gasteiger partial charge >= 0.3 is 0 Å². The highest BCUT2D eigenvalue weighted by atomic mass is 35.5. The molecule has 0 bridgehead atoms. The van der Waals surface area contributed by atoms with Gasteiger partial charge in [0.15, 0.2) is 0 Å². The summed E-state index contributed by atoms with van der Waals surface area (Å²) in [6.45, 7) is 6.44. The number of benzene rings is 1. The summed E-state index contributed by atoms with van der Waals surface area (Å²) < 4.78 is 0. The predicted octanol–water partition coefficient (Wildman–Crippen LogP) is 3.91. The Hall–Kier alpha value is -1.82. The molecule has 1 aromatic carbocycles. The van der Waals surface area contributed by atoms with Gasteiger partial charge in [-0.3, -0.25) is 9.78 Å². The SMILES string of the molecule is CCN1CCN(C(=O)c2cncc(Nc3c(Cl)cccc3Cl)c2)CC1. The fraction of sp³-hybridized carbons (Fsp3) is 0.333. The van der Waals surface area contributed by atoms with E-state index in [9.17, 15) is 4.79 Å². The molecule has 0 atom stereocenters. The van der Waals surface area contributed by atoms with E-state index in [4.69, 9.17) is 23.2 Å². The van der Waals surface area contributed by atoms with E-state index >= 15 is 0 Å². The number of piperazine rings is 1. The Kier molecular flexibility index (Phi) is 5.78. The summed E-state index contributed by atoms with van der Waals surface area (Å²) in [6.07, 6.45) is 3.24. The number of carbonyl (C=O) groups excluding carboxylic acids is 1. The second-order valence-electron chi connectivity index (χ2n) is 5.91. The summed E-state index contributed by atoms with van der Waals surface area (Å²) in [7, 11) is 0. The zero-order valence-electron chi connectivity index (χ0n) is 14.0. The van der Waals surface area contributed by atoms with Crippen LogP contribution in [0.15, 0.2) is 36.7 Å². The minimum Gasteiger partial charge on any atom is -0.352 e. The number of para-hydroxylation sites is 1. The maximum atomic E-state index is 12.7. The molecule has 1 aliphatic heterocycles. The predicted molar refractivity (Wildman–Crippen MR) is 102 cm³/mol. The van der Waals surface area contributed by atoms with Crippen LogP contribution in [-0.2, 0) is 0 Å². The third-order valence-electron chi connectivity index (χ3n) is 4.32. The summed E-state index contributed by atoms with van der Waals surface area (Å²) in [4.78, 5) is 21.1. The lowest BCUT2D eigenvalue weighted by atomic mass is 10.2. The number of rotatable bonds is 4. The molecule has 1 aliphatic rings. The molecule has 1 N–H and O–H groups in total. The minimum absolute atomic E-state index is 0.00263. The number of nitrogens with one attached hydrogen (secondary N) is 1. The van der Waals surface area contributed by atoms with Crippen molar-refractivity contribution >= 4 is 40.5 Å². The van der Waals surface area contributed by atoms with Crippen molar-refractivity contribution in [2.75, 3.05) is 38.0 Å². The van der Waals surface area contributed by atoms with Crippen LogP contribution < -0.4 is 5.32 Å². The first-order valence-electron chi connectivity index (χ1n) is 8.26. The fourth-order valence-electron chi connectivity index (χ4n) is 2.84. The van der Waals surface area contributed by atoms with Crippen LogP contribution in [0.1, 0.15) is 17.3 Å². The smallest absolute Gasteiger partial charge is 0.255 e. The summed E-state index contributed by atoms with van der Waals surface area (Å²) in [5, 5.41) is 4.18. The van der Waals surface area contributed by atoms with Crippen molar-refractivity contribution in [3.05, 3.63) is 52.3 Å². The van der Waals surface area contributed by atoms with E-state index in [2.05, 4.69) is 22.1 Å². The van der Waals surface area contributed by atoms with Gasteiger partial charge in [-0.2, -0.15) is 0 Å². The van der Waals surface area contributed by atoms with Crippen molar-refractivity contribution in [2.45, 2.75) is 6.92 Å². The maximum absolute atomic E-state index is 12.7. The molecule has 5 nitrogen and oxygen atoms in total. The van der Waals surface area contributed by atoms with Gasteiger partial charge in [0.05, 0.1) is 33.2 Å². The van der Waals surface area contributed by atoms with Crippen LogP contribution in [0.25, 0.3) is 0 Å². The van der Waals surface area contributed by atoms with Crippen molar-refractivity contribution in [2.24, 2.45) is 0 Å². The van der Waals surface area contributed by atoms with Crippen LogP contribution in [-0.4, -0.2) is 53.4 Å². The van der Waals surface area contributed by atoms with Gasteiger partial charge < -0.3 is 15.1 Å². The third-order valence-corrected chi connectivity index (χ3v) is 4.95. The number of aromatic nitrogens is 1. The van der Waals surface area contributed by atoms with Gasteiger partial charge in [-0.15, -0.1) is 0 Å². The molecule has 2 aromatic rings. The second-order valence-corrected chi connectivity index (χ2v) is 6.72. The Bertz CT molecular complexity index is 740. The molecule has 1 saturated heterocycles. The molecule has 1 amide bonds. The first kappa shape index (κ1) is 18.0. The Morgan fingerprint density at radius 3 is 2.48 bits per heavy atom. The quantitative estimate of drug-likeness (QED) is 0.875. The summed E-state index contributed by atoms with van der Waals surface area (Å²) >= 11 is 12.4. The maximum Gasteiger partial charge on any atom is 0.255 e. The molecular formula is C18H20Cl2N4O. The van der Waals surface area contributed by atoms with E-state index in [1.807, 2.05) is 4.90 Å². The monoisotopic (exact) mass is 378 g/mol. The van der Waals surface area contributed by atoms with Gasteiger partial charge in [0, 0.05) is 32.4 Å². The van der Waals surface area contributed by atoms with Gasteiger partial charge in [0.25, 0.3) is 5.91 Å². The molecule has 25 heavy (non-hydrogen) atoms. The second kappa shape index (κ2) is 8.04. The number of hydrogen-bond donors (Lipinski definition) is 1. The molecule has 0 unspecified atom stereocenters. The van der Waals surface area contributed by atoms with E-state index in [1.54, 1.807) is 36.7 Å². The van der Waals surface area contributed by atoms with Crippen molar-refractivity contribution in [1.82, 2.24) is 14.8 Å². The molecule has 1 aromatic heterocycles. The molecule has 3 rings (SSSR count). The van der Waals surface area contributed by atoms with Gasteiger partial charge in [0.1, 0.15) is 0 Å². The highest BCUT2D eigenvalue weighted by Gasteiger charge is 2.21. The van der Waals surface area contributed by atoms with Crippen LogP contribution in [0.3, 0.4) is 0 Å². The number of amides is 1. The Morgan fingerprint density at radius 1 is 1.16 bits per heavy atom. The number of nitrogens with zero attached hydrogens (tertiary/aromatic N) is 3.